The highest BCUT2D eigenvalue weighted by Gasteiger charge is 2.21. The molecule has 1 N–H and O–H groups in total. The van der Waals surface area contributed by atoms with E-state index in [9.17, 15) is 4.79 Å². The molecule has 1 aliphatic carbocycles. The second-order valence-corrected chi connectivity index (χ2v) is 8.54. The van der Waals surface area contributed by atoms with Gasteiger partial charge in [-0.3, -0.25) is 4.79 Å². The van der Waals surface area contributed by atoms with Crippen LogP contribution in [-0.2, 0) is 4.74 Å². The molecule has 4 rings (SSSR count). The van der Waals surface area contributed by atoms with Gasteiger partial charge in [-0.2, -0.15) is 0 Å². The highest BCUT2D eigenvalue weighted by Crippen LogP contribution is 2.37. The molecule has 1 aliphatic heterocycles. The van der Waals surface area contributed by atoms with Crippen LogP contribution >= 0.6 is 20.6 Å². The molecule has 1 atom stereocenters. The number of ether oxygens (including phenoxy) is 2. The van der Waals surface area contributed by atoms with Gasteiger partial charge < -0.3 is 19.7 Å². The summed E-state index contributed by atoms with van der Waals surface area (Å²) in [5.41, 5.74) is 2.96. The van der Waals surface area contributed by atoms with Crippen LogP contribution in [0.15, 0.2) is 35.2 Å². The van der Waals surface area contributed by atoms with Gasteiger partial charge in [0.2, 0.25) is 0 Å². The van der Waals surface area contributed by atoms with E-state index in [1.807, 2.05) is 12.1 Å². The molecule has 6 nitrogen and oxygen atoms in total. The molecule has 0 spiro atoms. The summed E-state index contributed by atoms with van der Waals surface area (Å²) in [6.07, 6.45) is 6.37. The summed E-state index contributed by atoms with van der Waals surface area (Å²) in [6, 6.07) is 3.97. The van der Waals surface area contributed by atoms with Gasteiger partial charge in [-0.25, -0.2) is 4.98 Å². The van der Waals surface area contributed by atoms with Crippen LogP contribution < -0.4 is 15.0 Å². The summed E-state index contributed by atoms with van der Waals surface area (Å²) < 4.78 is 11.9. The number of methoxy groups -OCH3 is 1. The molecule has 0 saturated carbocycles. The Kier molecular flexibility index (Phi) is 5.95. The van der Waals surface area contributed by atoms with E-state index in [1.165, 1.54) is 16.7 Å². The fourth-order valence-corrected chi connectivity index (χ4v) is 4.88. The third kappa shape index (κ3) is 4.07. The molecule has 2 aromatic rings. The van der Waals surface area contributed by atoms with E-state index in [4.69, 9.17) is 9.47 Å². The van der Waals surface area contributed by atoms with Crippen LogP contribution in [0.5, 0.6) is 5.75 Å². The standard InChI is InChI=1S/C20H24N3O3PS/c1-25-16-6-5-15(23-7-9-26-10-8-23)18-17(16)22-20(28-18)19(24)21-12-13-3-2-4-14(27)11-13/h3,5-6,11H,2,4,7-10,12,27H2,1H3,(H,21,24). The number of anilines is 1. The van der Waals surface area contributed by atoms with Crippen molar-refractivity contribution < 1.29 is 14.3 Å². The van der Waals surface area contributed by atoms with E-state index >= 15 is 0 Å². The summed E-state index contributed by atoms with van der Waals surface area (Å²) in [5.74, 6) is 0.536. The Balaban J connectivity index is 1.58. The van der Waals surface area contributed by atoms with E-state index in [0.29, 0.717) is 30.5 Å². The van der Waals surface area contributed by atoms with Crippen LogP contribution in [-0.4, -0.2) is 50.8 Å². The van der Waals surface area contributed by atoms with Crippen LogP contribution in [0.1, 0.15) is 22.6 Å². The number of nitrogens with one attached hydrogen (secondary N) is 1. The van der Waals surface area contributed by atoms with Crippen molar-refractivity contribution in [2.45, 2.75) is 12.8 Å². The molecular weight excluding hydrogens is 393 g/mol. The molecule has 2 heterocycles. The molecule has 28 heavy (non-hydrogen) atoms. The lowest BCUT2D eigenvalue weighted by Gasteiger charge is -2.29. The maximum atomic E-state index is 12.7. The minimum absolute atomic E-state index is 0.152. The second-order valence-electron chi connectivity index (χ2n) is 6.80. The maximum Gasteiger partial charge on any atom is 0.280 e. The van der Waals surface area contributed by atoms with Crippen LogP contribution in [0.4, 0.5) is 5.69 Å². The van der Waals surface area contributed by atoms with Gasteiger partial charge in [0.15, 0.2) is 5.01 Å². The third-order valence-electron chi connectivity index (χ3n) is 4.92. The van der Waals surface area contributed by atoms with E-state index in [1.54, 1.807) is 7.11 Å². The van der Waals surface area contributed by atoms with Crippen molar-refractivity contribution in [2.24, 2.45) is 0 Å². The molecule has 0 bridgehead atoms. The van der Waals surface area contributed by atoms with Gasteiger partial charge in [0.1, 0.15) is 11.3 Å². The van der Waals surface area contributed by atoms with Gasteiger partial charge in [0.05, 0.1) is 30.7 Å². The second kappa shape index (κ2) is 8.60. The van der Waals surface area contributed by atoms with Crippen LogP contribution in [0.25, 0.3) is 10.2 Å². The van der Waals surface area contributed by atoms with Crippen molar-refractivity contribution in [3.63, 3.8) is 0 Å². The highest BCUT2D eigenvalue weighted by molar-refractivity contribution is 7.22. The van der Waals surface area contributed by atoms with Gasteiger partial charge >= 0.3 is 0 Å². The first-order chi connectivity index (χ1) is 13.7. The van der Waals surface area contributed by atoms with Crippen LogP contribution in [0, 0.1) is 0 Å². The molecule has 148 valence electrons. The largest absolute Gasteiger partial charge is 0.494 e. The summed E-state index contributed by atoms with van der Waals surface area (Å²) in [4.78, 5) is 19.6. The first kappa shape index (κ1) is 19.4. The average Bonchev–Trinajstić information content (AvgIpc) is 3.17. The lowest BCUT2D eigenvalue weighted by molar-refractivity contribution is 0.0957. The van der Waals surface area contributed by atoms with E-state index in [2.05, 4.69) is 36.6 Å². The number of carbonyl (C=O) groups excluding carboxylic acids is 1. The van der Waals surface area contributed by atoms with Crippen molar-refractivity contribution in [3.05, 3.63) is 40.2 Å². The number of aromatic nitrogens is 1. The average molecular weight is 417 g/mol. The van der Waals surface area contributed by atoms with Crippen molar-refractivity contribution in [1.29, 1.82) is 0 Å². The van der Waals surface area contributed by atoms with Crippen molar-refractivity contribution in [2.75, 3.05) is 44.9 Å². The third-order valence-corrected chi connectivity index (χ3v) is 6.45. The summed E-state index contributed by atoms with van der Waals surface area (Å²) in [7, 11) is 4.38. The van der Waals surface area contributed by atoms with Gasteiger partial charge in [-0.05, 0) is 30.5 Å². The van der Waals surface area contributed by atoms with E-state index in [-0.39, 0.29) is 5.91 Å². The summed E-state index contributed by atoms with van der Waals surface area (Å²) in [5, 5.41) is 4.73. The van der Waals surface area contributed by atoms with Crippen LogP contribution in [0.2, 0.25) is 0 Å². The summed E-state index contributed by atoms with van der Waals surface area (Å²) >= 11 is 1.42. The Labute approximate surface area is 170 Å². The number of thiazole rings is 1. The Morgan fingerprint density at radius 2 is 2.21 bits per heavy atom. The predicted molar refractivity (Wildman–Crippen MR) is 117 cm³/mol. The number of allylic oxidation sites excluding steroid dienone is 2. The Morgan fingerprint density at radius 3 is 2.96 bits per heavy atom. The molecule has 1 aromatic carbocycles. The topological polar surface area (TPSA) is 63.7 Å². The molecule has 1 unspecified atom stereocenters. The minimum Gasteiger partial charge on any atom is -0.494 e. The summed E-state index contributed by atoms with van der Waals surface area (Å²) in [6.45, 7) is 3.59. The zero-order valence-corrected chi connectivity index (χ0v) is 17.8. The molecule has 1 amide bonds. The van der Waals surface area contributed by atoms with Gasteiger partial charge in [-0.15, -0.1) is 20.6 Å². The van der Waals surface area contributed by atoms with Crippen molar-refractivity contribution >= 4 is 42.4 Å². The number of amides is 1. The number of morpholine rings is 1. The monoisotopic (exact) mass is 417 g/mol. The maximum absolute atomic E-state index is 12.7. The molecular formula is C20H24N3O3PS. The Hall–Kier alpha value is -1.95. The normalized spacial score (nSPS) is 17.3. The zero-order chi connectivity index (χ0) is 19.5. The number of hydrogen-bond acceptors (Lipinski definition) is 6. The van der Waals surface area contributed by atoms with Crippen LogP contribution in [0.3, 0.4) is 0 Å². The lowest BCUT2D eigenvalue weighted by atomic mass is 10.1. The zero-order valence-electron chi connectivity index (χ0n) is 15.9. The van der Waals surface area contributed by atoms with Crippen molar-refractivity contribution in [3.8, 4) is 5.75 Å². The SMILES string of the molecule is COc1ccc(N2CCOCC2)c2sc(C(=O)NCC3=CCCC(P)=C3)nc12. The van der Waals surface area contributed by atoms with Gasteiger partial charge in [0, 0.05) is 19.6 Å². The molecule has 1 fully saturated rings. The number of benzene rings is 1. The fraction of sp³-hybridized carbons (Fsp3) is 0.400. The highest BCUT2D eigenvalue weighted by atomic mass is 32.1. The predicted octanol–water partition coefficient (Wildman–Crippen LogP) is 3.35. The number of nitrogens with zero attached hydrogens (tertiary/aromatic N) is 2. The Bertz CT molecular complexity index is 948. The number of rotatable bonds is 5. The number of fused-ring (bicyclic) bond motifs is 1. The smallest absolute Gasteiger partial charge is 0.280 e. The molecule has 1 saturated heterocycles. The van der Waals surface area contributed by atoms with Gasteiger partial charge in [0.25, 0.3) is 5.91 Å². The number of carbonyl (C=O) groups is 1. The Morgan fingerprint density at radius 1 is 1.39 bits per heavy atom. The molecule has 1 aromatic heterocycles. The molecule has 2 aliphatic rings. The minimum atomic E-state index is -0.152. The van der Waals surface area contributed by atoms with Gasteiger partial charge in [-0.1, -0.05) is 17.5 Å². The van der Waals surface area contributed by atoms with Crippen molar-refractivity contribution in [1.82, 2.24) is 10.3 Å². The van der Waals surface area contributed by atoms with E-state index in [0.717, 1.165) is 47.4 Å². The quantitative estimate of drug-likeness (QED) is 0.756. The lowest BCUT2D eigenvalue weighted by Crippen LogP contribution is -2.36. The first-order valence-electron chi connectivity index (χ1n) is 9.39. The fourth-order valence-electron chi connectivity index (χ4n) is 3.46. The molecule has 8 heteroatoms. The van der Waals surface area contributed by atoms with E-state index < -0.39 is 0 Å². The molecule has 0 radical (unpaired) electrons. The first-order valence-corrected chi connectivity index (χ1v) is 10.8. The number of hydrogen-bond donors (Lipinski definition) is 1.